The number of phenolic OH excluding ortho intramolecular Hbond substituents is 1. The number of Topliss-reactive ketones (excluding diaryl/α,β-unsaturated/α-hetero) is 1. The van der Waals surface area contributed by atoms with Crippen LogP contribution in [0.5, 0.6) is 5.75 Å². The molecule has 1 rings (SSSR count). The maximum atomic E-state index is 11.0. The number of hydrogen-bond donors (Lipinski definition) is 1. The number of benzene rings is 1. The molecule has 1 aromatic rings. The molecule has 0 aromatic heterocycles. The fourth-order valence-electron chi connectivity index (χ4n) is 1.16. The molecule has 0 heterocycles. The van der Waals surface area contributed by atoms with Gasteiger partial charge in [-0.3, -0.25) is 4.79 Å². The van der Waals surface area contributed by atoms with E-state index < -0.39 is 0 Å². The lowest BCUT2D eigenvalue weighted by molar-refractivity contribution is -0.120. The number of para-hydroxylation sites is 1. The van der Waals surface area contributed by atoms with Crippen LogP contribution in [0.3, 0.4) is 0 Å². The minimum atomic E-state index is -0.0201. The van der Waals surface area contributed by atoms with E-state index in [2.05, 4.69) is 0 Å². The van der Waals surface area contributed by atoms with Crippen LogP contribution in [0, 0.1) is 5.92 Å². The van der Waals surface area contributed by atoms with E-state index in [0.29, 0.717) is 6.42 Å². The molecule has 0 aliphatic rings. The van der Waals surface area contributed by atoms with Gasteiger partial charge in [-0.25, -0.2) is 0 Å². The van der Waals surface area contributed by atoms with Crippen molar-refractivity contribution in [3.8, 4) is 5.75 Å². The van der Waals surface area contributed by atoms with Gasteiger partial charge in [0.15, 0.2) is 0 Å². The topological polar surface area (TPSA) is 37.3 Å². The zero-order valence-electron chi connectivity index (χ0n) is 7.95. The Bertz CT molecular complexity index is 305. The maximum absolute atomic E-state index is 11.0. The Morgan fingerprint density at radius 1 is 1.46 bits per heavy atom. The second-order valence-electron chi connectivity index (χ2n) is 3.34. The van der Waals surface area contributed by atoms with Gasteiger partial charge in [-0.2, -0.15) is 0 Å². The number of rotatable bonds is 3. The fourth-order valence-corrected chi connectivity index (χ4v) is 1.16. The first-order chi connectivity index (χ1) is 6.11. The second kappa shape index (κ2) is 4.08. The number of carbonyl (C=O) groups excluding carboxylic acids is 1. The van der Waals surface area contributed by atoms with Crippen molar-refractivity contribution >= 4 is 5.78 Å². The third-order valence-corrected chi connectivity index (χ3v) is 2.21. The molecule has 1 N–H and O–H groups in total. The van der Waals surface area contributed by atoms with Gasteiger partial charge in [-0.05, 0) is 25.0 Å². The highest BCUT2D eigenvalue weighted by Crippen LogP contribution is 2.19. The van der Waals surface area contributed by atoms with Crippen LogP contribution >= 0.6 is 0 Å². The van der Waals surface area contributed by atoms with Crippen molar-refractivity contribution in [2.24, 2.45) is 5.92 Å². The summed E-state index contributed by atoms with van der Waals surface area (Å²) in [6.07, 6.45) is 0.613. The summed E-state index contributed by atoms with van der Waals surface area (Å²) >= 11 is 0. The predicted molar refractivity (Wildman–Crippen MR) is 51.7 cm³/mol. The van der Waals surface area contributed by atoms with E-state index in [1.807, 2.05) is 19.1 Å². The molecular weight excluding hydrogens is 164 g/mol. The normalized spacial score (nSPS) is 12.5. The largest absolute Gasteiger partial charge is 0.508 e. The molecule has 70 valence electrons. The molecule has 1 aromatic carbocycles. The number of ketones is 1. The highest BCUT2D eigenvalue weighted by Gasteiger charge is 2.10. The predicted octanol–water partition coefficient (Wildman–Crippen LogP) is 2.16. The van der Waals surface area contributed by atoms with Crippen LogP contribution in [-0.2, 0) is 11.2 Å². The van der Waals surface area contributed by atoms with E-state index in [1.54, 1.807) is 19.1 Å². The van der Waals surface area contributed by atoms with Gasteiger partial charge < -0.3 is 5.11 Å². The number of hydrogen-bond acceptors (Lipinski definition) is 2. The minimum Gasteiger partial charge on any atom is -0.508 e. The quantitative estimate of drug-likeness (QED) is 0.770. The summed E-state index contributed by atoms with van der Waals surface area (Å²) in [6.45, 7) is 3.44. The van der Waals surface area contributed by atoms with Crippen molar-refractivity contribution in [2.45, 2.75) is 20.3 Å². The summed E-state index contributed by atoms with van der Waals surface area (Å²) in [5, 5.41) is 9.43. The molecular formula is C11H14O2. The number of phenols is 1. The number of aromatic hydroxyl groups is 1. The van der Waals surface area contributed by atoms with Crippen molar-refractivity contribution in [3.63, 3.8) is 0 Å². The summed E-state index contributed by atoms with van der Waals surface area (Å²) in [7, 11) is 0. The van der Waals surface area contributed by atoms with Gasteiger partial charge in [0.2, 0.25) is 0 Å². The summed E-state index contributed by atoms with van der Waals surface area (Å²) in [5.74, 6) is 0.409. The van der Waals surface area contributed by atoms with E-state index in [1.165, 1.54) is 0 Å². The van der Waals surface area contributed by atoms with E-state index in [-0.39, 0.29) is 17.5 Å². The van der Waals surface area contributed by atoms with Gasteiger partial charge in [0.25, 0.3) is 0 Å². The van der Waals surface area contributed by atoms with Crippen LogP contribution in [0.1, 0.15) is 19.4 Å². The minimum absolute atomic E-state index is 0.0201. The first-order valence-corrected chi connectivity index (χ1v) is 4.38. The highest BCUT2D eigenvalue weighted by atomic mass is 16.3. The molecule has 1 atom stereocenters. The van der Waals surface area contributed by atoms with Crippen LogP contribution in [0.4, 0.5) is 0 Å². The summed E-state index contributed by atoms with van der Waals surface area (Å²) in [6, 6.07) is 7.12. The Labute approximate surface area is 78.2 Å². The molecule has 0 radical (unpaired) electrons. The Morgan fingerprint density at radius 2 is 2.08 bits per heavy atom. The smallest absolute Gasteiger partial charge is 0.132 e. The summed E-state index contributed by atoms with van der Waals surface area (Å²) < 4.78 is 0. The Balaban J connectivity index is 2.74. The van der Waals surface area contributed by atoms with Crippen molar-refractivity contribution in [2.75, 3.05) is 0 Å². The standard InChI is InChI=1S/C11H14O2/c1-8(9(2)12)7-10-5-3-4-6-11(10)13/h3-6,8,13H,7H2,1-2H3. The van der Waals surface area contributed by atoms with Crippen molar-refractivity contribution in [1.82, 2.24) is 0 Å². The van der Waals surface area contributed by atoms with Gasteiger partial charge in [-0.15, -0.1) is 0 Å². The molecule has 2 heteroatoms. The number of carbonyl (C=O) groups is 1. The maximum Gasteiger partial charge on any atom is 0.132 e. The third-order valence-electron chi connectivity index (χ3n) is 2.21. The van der Waals surface area contributed by atoms with E-state index in [0.717, 1.165) is 5.56 Å². The monoisotopic (exact) mass is 178 g/mol. The van der Waals surface area contributed by atoms with Gasteiger partial charge in [-0.1, -0.05) is 25.1 Å². The highest BCUT2D eigenvalue weighted by molar-refractivity contribution is 5.78. The van der Waals surface area contributed by atoms with Crippen molar-refractivity contribution in [1.29, 1.82) is 0 Å². The Hall–Kier alpha value is -1.31. The molecule has 1 unspecified atom stereocenters. The zero-order chi connectivity index (χ0) is 9.84. The Morgan fingerprint density at radius 3 is 2.62 bits per heavy atom. The lowest BCUT2D eigenvalue weighted by Crippen LogP contribution is -2.09. The third kappa shape index (κ3) is 2.58. The average molecular weight is 178 g/mol. The first-order valence-electron chi connectivity index (χ1n) is 4.38. The first kappa shape index (κ1) is 9.78. The zero-order valence-corrected chi connectivity index (χ0v) is 7.95. The molecule has 0 aliphatic heterocycles. The summed E-state index contributed by atoms with van der Waals surface area (Å²) in [5.41, 5.74) is 0.838. The lowest BCUT2D eigenvalue weighted by atomic mass is 9.97. The van der Waals surface area contributed by atoms with Gasteiger partial charge in [0.05, 0.1) is 0 Å². The van der Waals surface area contributed by atoms with Gasteiger partial charge >= 0.3 is 0 Å². The molecule has 0 amide bonds. The molecule has 0 saturated heterocycles. The van der Waals surface area contributed by atoms with Crippen LogP contribution in [0.25, 0.3) is 0 Å². The van der Waals surface area contributed by atoms with Crippen LogP contribution in [0.15, 0.2) is 24.3 Å². The van der Waals surface area contributed by atoms with Gasteiger partial charge in [0, 0.05) is 5.92 Å². The van der Waals surface area contributed by atoms with E-state index in [9.17, 15) is 9.90 Å². The lowest BCUT2D eigenvalue weighted by Gasteiger charge is -2.08. The molecule has 0 fully saturated rings. The van der Waals surface area contributed by atoms with Crippen molar-refractivity contribution < 1.29 is 9.90 Å². The molecule has 2 nitrogen and oxygen atoms in total. The van der Waals surface area contributed by atoms with E-state index >= 15 is 0 Å². The Kier molecular flexibility index (Phi) is 3.07. The van der Waals surface area contributed by atoms with Crippen LogP contribution in [-0.4, -0.2) is 10.9 Å². The summed E-state index contributed by atoms with van der Waals surface area (Å²) in [4.78, 5) is 11.0. The van der Waals surface area contributed by atoms with Crippen molar-refractivity contribution in [3.05, 3.63) is 29.8 Å². The SMILES string of the molecule is CC(=O)C(C)Cc1ccccc1O. The van der Waals surface area contributed by atoms with Crippen LogP contribution < -0.4 is 0 Å². The molecule has 0 spiro atoms. The van der Waals surface area contributed by atoms with Gasteiger partial charge in [0.1, 0.15) is 11.5 Å². The molecule has 0 aliphatic carbocycles. The molecule has 13 heavy (non-hydrogen) atoms. The molecule has 0 saturated carbocycles. The average Bonchev–Trinajstić information content (AvgIpc) is 2.08. The molecule has 0 bridgehead atoms. The fraction of sp³-hybridized carbons (Fsp3) is 0.364. The second-order valence-corrected chi connectivity index (χ2v) is 3.34. The van der Waals surface area contributed by atoms with E-state index in [4.69, 9.17) is 0 Å². The van der Waals surface area contributed by atoms with Crippen LogP contribution in [0.2, 0.25) is 0 Å².